The van der Waals surface area contributed by atoms with Crippen LogP contribution in [0.3, 0.4) is 0 Å². The number of ether oxygens (including phenoxy) is 3. The molecule has 340 valence electrons. The second kappa shape index (κ2) is 74.1. The lowest BCUT2D eigenvalue weighted by molar-refractivity contribution is 0.263. The zero-order valence-electron chi connectivity index (χ0n) is 41.8. The Morgan fingerprint density at radius 1 is 0.414 bits per heavy atom. The molecule has 0 radical (unpaired) electrons. The van der Waals surface area contributed by atoms with Gasteiger partial charge in [-0.3, -0.25) is 0 Å². The Labute approximate surface area is 363 Å². The van der Waals surface area contributed by atoms with Crippen LogP contribution in [0.15, 0.2) is 121 Å². The average Bonchev–Trinajstić information content (AvgIpc) is 4.28. The van der Waals surface area contributed by atoms with E-state index >= 15 is 0 Å². The highest BCUT2D eigenvalue weighted by molar-refractivity contribution is 5.22. The van der Waals surface area contributed by atoms with Crippen LogP contribution in [0.5, 0.6) is 23.0 Å². The second-order valence-electron chi connectivity index (χ2n) is 9.73. The zero-order chi connectivity index (χ0) is 46.7. The summed E-state index contributed by atoms with van der Waals surface area (Å²) in [5, 5.41) is 17.3. The van der Waals surface area contributed by atoms with Crippen molar-refractivity contribution in [2.75, 3.05) is 19.8 Å². The first-order valence-corrected chi connectivity index (χ1v) is 23.0. The normalized spacial score (nSPS) is 10.7. The fourth-order valence-electron chi connectivity index (χ4n) is 2.74. The molecule has 5 heteroatoms. The summed E-state index contributed by atoms with van der Waals surface area (Å²) >= 11 is 0. The Hall–Kier alpha value is -3.96. The highest BCUT2D eigenvalue weighted by atomic mass is 16.6. The second-order valence-corrected chi connectivity index (χ2v) is 9.73. The molecule has 1 heterocycles. The van der Waals surface area contributed by atoms with Crippen LogP contribution in [-0.4, -0.2) is 36.1 Å². The van der Waals surface area contributed by atoms with Gasteiger partial charge >= 0.3 is 0 Å². The van der Waals surface area contributed by atoms with Crippen LogP contribution in [0.2, 0.25) is 0 Å². The van der Waals surface area contributed by atoms with E-state index in [2.05, 4.69) is 27.7 Å². The first kappa shape index (κ1) is 71.7. The van der Waals surface area contributed by atoms with Crippen molar-refractivity contribution in [3.63, 3.8) is 0 Å². The monoisotopic (exact) mass is 815 g/mol. The van der Waals surface area contributed by atoms with E-state index in [1.807, 2.05) is 184 Å². The van der Waals surface area contributed by atoms with Crippen LogP contribution in [0.1, 0.15) is 164 Å². The van der Waals surface area contributed by atoms with Crippen LogP contribution in [-0.2, 0) is 4.74 Å². The Kier molecular flexibility index (Phi) is 91.6. The molecule has 4 aromatic rings. The van der Waals surface area contributed by atoms with E-state index in [1.54, 1.807) is 48.5 Å². The lowest BCUT2D eigenvalue weighted by Crippen LogP contribution is -2.03. The molecule has 0 spiro atoms. The highest BCUT2D eigenvalue weighted by Crippen LogP contribution is 2.29. The minimum atomic E-state index is 0.322. The number of benzene rings is 4. The van der Waals surface area contributed by atoms with E-state index in [9.17, 15) is 0 Å². The summed E-state index contributed by atoms with van der Waals surface area (Å²) in [5.74, 6) is 3.41. The third kappa shape index (κ3) is 69.9. The van der Waals surface area contributed by atoms with Crippen molar-refractivity contribution in [3.8, 4) is 23.0 Å². The van der Waals surface area contributed by atoms with Gasteiger partial charge in [0.05, 0.1) is 13.2 Å². The van der Waals surface area contributed by atoms with E-state index < -0.39 is 0 Å². The number of phenolic OH excluding ortho intramolecular Hbond substituents is 2. The molecule has 58 heavy (non-hydrogen) atoms. The van der Waals surface area contributed by atoms with E-state index in [-0.39, 0.29) is 0 Å². The molecule has 0 aromatic heterocycles. The standard InChI is InChI=1S/C10H12O.C9H10O2.2C6H6O.2C3H8.8C2H6/c1-2-4-10(5-3-1)11-8-9-6-7-9;1-2-4-8(5-3-1)10-6-9-7-11-9;2*7-6-4-2-1-3-5-6;2*1-3-2;8*1-2/h1-5,9H,6-8H2;1-5,9H,6-7H2;2*1-5,7H;2*3H2,1-2H3;8*1-2H3. The van der Waals surface area contributed by atoms with Crippen LogP contribution < -0.4 is 9.47 Å². The minimum Gasteiger partial charge on any atom is -0.508 e. The Morgan fingerprint density at radius 2 is 0.638 bits per heavy atom. The molecular formula is C53H98O5. The quantitative estimate of drug-likeness (QED) is 0.190. The van der Waals surface area contributed by atoms with Gasteiger partial charge in [0.2, 0.25) is 0 Å². The van der Waals surface area contributed by atoms with Gasteiger partial charge in [-0.25, -0.2) is 0 Å². The maximum absolute atomic E-state index is 8.63. The number of aromatic hydroxyl groups is 2. The fraction of sp³-hybridized carbons (Fsp3) is 0.547. The van der Waals surface area contributed by atoms with Crippen LogP contribution in [0.4, 0.5) is 0 Å². The Morgan fingerprint density at radius 3 is 0.828 bits per heavy atom. The number of hydrogen-bond acceptors (Lipinski definition) is 5. The van der Waals surface area contributed by atoms with E-state index in [0.717, 1.165) is 30.6 Å². The van der Waals surface area contributed by atoms with Crippen molar-refractivity contribution in [2.24, 2.45) is 5.92 Å². The third-order valence-corrected chi connectivity index (χ3v) is 5.02. The predicted octanol–water partition coefficient (Wildman–Crippen LogP) is 17.8. The molecular weight excluding hydrogens is 717 g/mol. The number of phenols is 2. The third-order valence-electron chi connectivity index (χ3n) is 5.02. The number of rotatable bonds is 6. The smallest absolute Gasteiger partial charge is 0.119 e. The van der Waals surface area contributed by atoms with Gasteiger partial charge < -0.3 is 24.4 Å². The lowest BCUT2D eigenvalue weighted by Gasteiger charge is -2.02. The summed E-state index contributed by atoms with van der Waals surface area (Å²) < 4.78 is 15.9. The van der Waals surface area contributed by atoms with Gasteiger partial charge in [0.15, 0.2) is 0 Å². The molecule has 5 nitrogen and oxygen atoms in total. The van der Waals surface area contributed by atoms with Crippen molar-refractivity contribution in [2.45, 2.75) is 170 Å². The molecule has 2 N–H and O–H groups in total. The van der Waals surface area contributed by atoms with Gasteiger partial charge in [0.25, 0.3) is 0 Å². The number of epoxide rings is 1. The predicted molar refractivity (Wildman–Crippen MR) is 265 cm³/mol. The Bertz CT molecular complexity index is 996. The van der Waals surface area contributed by atoms with Gasteiger partial charge in [-0.1, -0.05) is 224 Å². The number of para-hydroxylation sites is 4. The minimum absolute atomic E-state index is 0.322. The SMILES string of the molecule is CC.CC.CC.CC.CC.CC.CC.CC.CCC.CCC.Oc1ccccc1.Oc1ccccc1.c1ccc(OCC2CC2)cc1.c1ccc(OCC2CO2)cc1. The van der Waals surface area contributed by atoms with Gasteiger partial charge in [0.1, 0.15) is 35.7 Å². The molecule has 0 amide bonds. The fourth-order valence-corrected chi connectivity index (χ4v) is 2.74. The summed E-state index contributed by atoms with van der Waals surface area (Å²) in [6, 6.07) is 37.2. The van der Waals surface area contributed by atoms with Gasteiger partial charge in [-0.15, -0.1) is 0 Å². The van der Waals surface area contributed by atoms with Gasteiger partial charge in [-0.2, -0.15) is 0 Å². The number of hydrogen-bond donors (Lipinski definition) is 2. The van der Waals surface area contributed by atoms with Crippen LogP contribution in [0, 0.1) is 5.92 Å². The molecule has 0 bridgehead atoms. The molecule has 6 rings (SSSR count). The van der Waals surface area contributed by atoms with E-state index in [1.165, 1.54) is 25.7 Å². The molecule has 1 aliphatic carbocycles. The van der Waals surface area contributed by atoms with Crippen molar-refractivity contribution in [3.05, 3.63) is 121 Å². The van der Waals surface area contributed by atoms with Gasteiger partial charge in [0, 0.05) is 0 Å². The van der Waals surface area contributed by atoms with Crippen molar-refractivity contribution in [1.82, 2.24) is 0 Å². The summed E-state index contributed by atoms with van der Waals surface area (Å²) in [4.78, 5) is 0. The molecule has 2 aliphatic rings. The zero-order valence-corrected chi connectivity index (χ0v) is 41.8. The van der Waals surface area contributed by atoms with E-state index in [0.29, 0.717) is 24.2 Å². The maximum Gasteiger partial charge on any atom is 0.119 e. The van der Waals surface area contributed by atoms with Crippen LogP contribution >= 0.6 is 0 Å². The molecule has 1 aliphatic heterocycles. The van der Waals surface area contributed by atoms with Crippen molar-refractivity contribution in [1.29, 1.82) is 0 Å². The first-order chi connectivity index (χ1) is 28.5. The van der Waals surface area contributed by atoms with Crippen molar-refractivity contribution < 1.29 is 24.4 Å². The molecule has 1 saturated carbocycles. The molecule has 4 aromatic carbocycles. The van der Waals surface area contributed by atoms with Crippen LogP contribution in [0.25, 0.3) is 0 Å². The van der Waals surface area contributed by atoms with Crippen molar-refractivity contribution >= 4 is 0 Å². The Balaban J connectivity index is -0.0000000834. The lowest BCUT2D eigenvalue weighted by atomic mass is 10.3. The topological polar surface area (TPSA) is 71.5 Å². The van der Waals surface area contributed by atoms with E-state index in [4.69, 9.17) is 24.4 Å². The highest BCUT2D eigenvalue weighted by Gasteiger charge is 2.23. The molecule has 2 fully saturated rings. The first-order valence-electron chi connectivity index (χ1n) is 23.0. The average molecular weight is 815 g/mol. The molecule has 1 saturated heterocycles. The molecule has 1 unspecified atom stereocenters. The largest absolute Gasteiger partial charge is 0.508 e. The summed E-state index contributed by atoms with van der Waals surface area (Å²) in [5.41, 5.74) is 0. The summed E-state index contributed by atoms with van der Waals surface area (Å²) in [7, 11) is 0. The van der Waals surface area contributed by atoms with Gasteiger partial charge in [-0.05, 0) is 67.3 Å². The molecule has 1 atom stereocenters. The summed E-state index contributed by atoms with van der Waals surface area (Å²) in [6.07, 6.45) is 5.55. The summed E-state index contributed by atoms with van der Waals surface area (Å²) in [6.45, 7) is 42.9. The maximum atomic E-state index is 8.63.